The van der Waals surface area contributed by atoms with Crippen LogP contribution in [0.3, 0.4) is 0 Å². The van der Waals surface area contributed by atoms with Crippen molar-refractivity contribution in [3.05, 3.63) is 89.5 Å². The molecule has 2 N–H and O–H groups in total. The van der Waals surface area contributed by atoms with Crippen LogP contribution in [0.25, 0.3) is 0 Å². The van der Waals surface area contributed by atoms with E-state index in [4.69, 9.17) is 4.74 Å². The highest BCUT2D eigenvalue weighted by molar-refractivity contribution is 7.92. The van der Waals surface area contributed by atoms with Crippen molar-refractivity contribution in [1.29, 1.82) is 0 Å². The van der Waals surface area contributed by atoms with Gasteiger partial charge in [-0.25, -0.2) is 13.2 Å². The van der Waals surface area contributed by atoms with Gasteiger partial charge in [0.05, 0.1) is 10.5 Å². The van der Waals surface area contributed by atoms with Gasteiger partial charge in [-0.15, -0.1) is 0 Å². The molecule has 8 heteroatoms. The summed E-state index contributed by atoms with van der Waals surface area (Å²) in [7, 11) is -3.81. The zero-order valence-corrected chi connectivity index (χ0v) is 19.5. The van der Waals surface area contributed by atoms with Crippen molar-refractivity contribution >= 4 is 33.3 Å². The Labute approximate surface area is 193 Å². The largest absolute Gasteiger partial charge is 0.449 e. The highest BCUT2D eigenvalue weighted by Crippen LogP contribution is 2.18. The van der Waals surface area contributed by atoms with E-state index in [-0.39, 0.29) is 10.5 Å². The third-order valence-electron chi connectivity index (χ3n) is 4.99. The number of hydrogen-bond donors (Lipinski definition) is 2. The molecule has 0 bridgehead atoms. The van der Waals surface area contributed by atoms with Crippen LogP contribution < -0.4 is 10.0 Å². The van der Waals surface area contributed by atoms with Crippen molar-refractivity contribution in [1.82, 2.24) is 0 Å². The molecular formula is C25H26N2O5S. The van der Waals surface area contributed by atoms with Gasteiger partial charge < -0.3 is 10.1 Å². The van der Waals surface area contributed by atoms with Gasteiger partial charge in [-0.2, -0.15) is 0 Å². The van der Waals surface area contributed by atoms with Crippen LogP contribution >= 0.6 is 0 Å². The molecule has 3 aromatic rings. The zero-order valence-electron chi connectivity index (χ0n) is 18.7. The molecular weight excluding hydrogens is 440 g/mol. The number of ether oxygens (including phenoxy) is 1. The molecule has 0 aliphatic carbocycles. The SMILES string of the molecule is CCc1ccc(NC(=O)[C@@H](C)OC(=O)c2ccc(S(=O)(=O)Nc3ccc(C)cc3)cc2)cc1. The molecule has 1 amide bonds. The number of carbonyl (C=O) groups is 2. The number of benzene rings is 3. The Kier molecular flexibility index (Phi) is 7.50. The van der Waals surface area contributed by atoms with Crippen molar-refractivity contribution in [3.8, 4) is 0 Å². The first-order valence-corrected chi connectivity index (χ1v) is 12.0. The molecule has 33 heavy (non-hydrogen) atoms. The van der Waals surface area contributed by atoms with Gasteiger partial charge in [0.25, 0.3) is 15.9 Å². The number of esters is 1. The molecule has 0 fully saturated rings. The Hall–Kier alpha value is -3.65. The van der Waals surface area contributed by atoms with E-state index >= 15 is 0 Å². The number of sulfonamides is 1. The first-order valence-electron chi connectivity index (χ1n) is 10.5. The lowest BCUT2D eigenvalue weighted by Gasteiger charge is -2.14. The van der Waals surface area contributed by atoms with E-state index in [1.807, 2.05) is 26.0 Å². The topological polar surface area (TPSA) is 102 Å². The number of carbonyl (C=O) groups excluding carboxylic acids is 2. The normalized spacial score (nSPS) is 12.0. The standard InChI is InChI=1S/C25H26N2O5S/c1-4-19-7-13-21(14-8-19)26-24(28)18(3)32-25(29)20-9-15-23(16-10-20)33(30,31)27-22-11-5-17(2)6-12-22/h5-16,18,27H,4H2,1-3H3,(H,26,28)/t18-/m1/s1. The lowest BCUT2D eigenvalue weighted by Crippen LogP contribution is -2.30. The molecule has 0 heterocycles. The van der Waals surface area contributed by atoms with Gasteiger partial charge in [0.15, 0.2) is 6.10 Å². The van der Waals surface area contributed by atoms with Crippen LogP contribution in [0.15, 0.2) is 77.7 Å². The number of amides is 1. The molecule has 3 aromatic carbocycles. The van der Waals surface area contributed by atoms with Crippen molar-refractivity contribution in [3.63, 3.8) is 0 Å². The maximum atomic E-state index is 12.6. The van der Waals surface area contributed by atoms with Crippen LogP contribution in [0.2, 0.25) is 0 Å². The Bertz CT molecular complexity index is 1220. The van der Waals surface area contributed by atoms with Gasteiger partial charge >= 0.3 is 5.97 Å². The summed E-state index contributed by atoms with van der Waals surface area (Å²) >= 11 is 0. The fourth-order valence-corrected chi connectivity index (χ4v) is 4.01. The fourth-order valence-electron chi connectivity index (χ4n) is 2.96. The second-order valence-electron chi connectivity index (χ2n) is 7.58. The summed E-state index contributed by atoms with van der Waals surface area (Å²) in [6, 6.07) is 19.7. The van der Waals surface area contributed by atoms with Crippen LogP contribution in [0.1, 0.15) is 35.3 Å². The maximum Gasteiger partial charge on any atom is 0.338 e. The van der Waals surface area contributed by atoms with E-state index in [1.54, 1.807) is 36.4 Å². The first kappa shape index (κ1) is 24.0. The molecule has 0 aliphatic rings. The predicted octanol–water partition coefficient (Wildman–Crippen LogP) is 4.54. The van der Waals surface area contributed by atoms with Gasteiger partial charge in [0.2, 0.25) is 0 Å². The second-order valence-corrected chi connectivity index (χ2v) is 9.27. The van der Waals surface area contributed by atoms with Crippen LogP contribution in [-0.2, 0) is 26.0 Å². The van der Waals surface area contributed by atoms with Crippen molar-refractivity contribution in [2.24, 2.45) is 0 Å². The predicted molar refractivity (Wildman–Crippen MR) is 128 cm³/mol. The molecule has 3 rings (SSSR count). The number of rotatable bonds is 8. The van der Waals surface area contributed by atoms with E-state index in [1.165, 1.54) is 31.2 Å². The summed E-state index contributed by atoms with van der Waals surface area (Å²) < 4.78 is 32.9. The zero-order chi connectivity index (χ0) is 24.0. The van der Waals surface area contributed by atoms with E-state index < -0.39 is 28.0 Å². The van der Waals surface area contributed by atoms with Crippen molar-refractivity contribution < 1.29 is 22.7 Å². The summed E-state index contributed by atoms with van der Waals surface area (Å²) in [5.74, 6) is -1.19. The molecule has 1 atom stereocenters. The Morgan fingerprint density at radius 1 is 0.879 bits per heavy atom. The summed E-state index contributed by atoms with van der Waals surface area (Å²) in [6.45, 7) is 5.42. The molecule has 0 aliphatic heterocycles. The molecule has 0 radical (unpaired) electrons. The van der Waals surface area contributed by atoms with Crippen LogP contribution in [0, 0.1) is 6.92 Å². The quantitative estimate of drug-likeness (QED) is 0.475. The summed E-state index contributed by atoms with van der Waals surface area (Å²) in [4.78, 5) is 24.8. The average molecular weight is 467 g/mol. The summed E-state index contributed by atoms with van der Waals surface area (Å²) in [5, 5.41) is 2.70. The van der Waals surface area contributed by atoms with Crippen LogP contribution in [-0.4, -0.2) is 26.4 Å². The Morgan fingerprint density at radius 2 is 1.45 bits per heavy atom. The lowest BCUT2D eigenvalue weighted by atomic mass is 10.1. The van der Waals surface area contributed by atoms with Gasteiger partial charge in [0.1, 0.15) is 0 Å². The first-order chi connectivity index (χ1) is 15.7. The molecule has 0 unspecified atom stereocenters. The van der Waals surface area contributed by atoms with Gasteiger partial charge in [-0.05, 0) is 74.4 Å². The highest BCUT2D eigenvalue weighted by atomic mass is 32.2. The smallest absolute Gasteiger partial charge is 0.338 e. The van der Waals surface area contributed by atoms with Gasteiger partial charge in [0, 0.05) is 11.4 Å². The maximum absolute atomic E-state index is 12.6. The third kappa shape index (κ3) is 6.43. The number of anilines is 2. The number of aryl methyl sites for hydroxylation is 2. The van der Waals surface area contributed by atoms with E-state index in [0.717, 1.165) is 17.5 Å². The van der Waals surface area contributed by atoms with E-state index in [9.17, 15) is 18.0 Å². The minimum atomic E-state index is -3.81. The van der Waals surface area contributed by atoms with Crippen molar-refractivity contribution in [2.75, 3.05) is 10.0 Å². The molecule has 7 nitrogen and oxygen atoms in total. The van der Waals surface area contributed by atoms with Gasteiger partial charge in [-0.3, -0.25) is 9.52 Å². The summed E-state index contributed by atoms with van der Waals surface area (Å²) in [6.07, 6.45) is -0.139. The Morgan fingerprint density at radius 3 is 2.03 bits per heavy atom. The van der Waals surface area contributed by atoms with E-state index in [2.05, 4.69) is 10.0 Å². The third-order valence-corrected chi connectivity index (χ3v) is 6.38. The molecule has 0 saturated carbocycles. The number of nitrogens with one attached hydrogen (secondary N) is 2. The van der Waals surface area contributed by atoms with Crippen molar-refractivity contribution in [2.45, 2.75) is 38.2 Å². The number of hydrogen-bond acceptors (Lipinski definition) is 5. The average Bonchev–Trinajstić information content (AvgIpc) is 2.81. The molecule has 0 aromatic heterocycles. The molecule has 0 saturated heterocycles. The molecule has 0 spiro atoms. The summed E-state index contributed by atoms with van der Waals surface area (Å²) in [5.41, 5.74) is 3.34. The van der Waals surface area contributed by atoms with Gasteiger partial charge in [-0.1, -0.05) is 36.8 Å². The van der Waals surface area contributed by atoms with E-state index in [0.29, 0.717) is 11.4 Å². The highest BCUT2D eigenvalue weighted by Gasteiger charge is 2.20. The minimum absolute atomic E-state index is 0.000873. The monoisotopic (exact) mass is 466 g/mol. The Balaban J connectivity index is 1.60. The fraction of sp³-hybridized carbons (Fsp3) is 0.200. The van der Waals surface area contributed by atoms with Crippen LogP contribution in [0.5, 0.6) is 0 Å². The lowest BCUT2D eigenvalue weighted by molar-refractivity contribution is -0.123. The molecule has 172 valence electrons. The minimum Gasteiger partial charge on any atom is -0.449 e. The second kappa shape index (κ2) is 10.3. The van der Waals surface area contributed by atoms with Crippen LogP contribution in [0.4, 0.5) is 11.4 Å².